The van der Waals surface area contributed by atoms with E-state index >= 15 is 0 Å². The first-order valence-electron chi connectivity index (χ1n) is 13.7. The monoisotopic (exact) mass is 570 g/mol. The Balaban J connectivity index is 0.000000909. The Bertz CT molecular complexity index is 1400. The third-order valence-corrected chi connectivity index (χ3v) is 7.57. The predicted molar refractivity (Wildman–Crippen MR) is 148 cm³/mol. The molecule has 0 spiro atoms. The molecule has 0 bridgehead atoms. The van der Waals surface area contributed by atoms with Crippen LogP contribution in [0.2, 0.25) is 0 Å². The zero-order chi connectivity index (χ0) is 29.6. The van der Waals surface area contributed by atoms with Gasteiger partial charge in [-0.3, -0.25) is 9.59 Å². The largest absolute Gasteiger partial charge is 0.503 e. The summed E-state index contributed by atoms with van der Waals surface area (Å²) in [6.45, 7) is 0.0249. The molecule has 2 aromatic carbocycles. The lowest BCUT2D eigenvalue weighted by atomic mass is 9.83. The number of nitrogens with zero attached hydrogens (tertiary/aromatic N) is 1. The van der Waals surface area contributed by atoms with Crippen molar-refractivity contribution in [3.05, 3.63) is 99.5 Å². The summed E-state index contributed by atoms with van der Waals surface area (Å²) in [5.41, 5.74) is 2.29. The molecule has 3 aromatic rings. The average Bonchev–Trinajstić information content (AvgIpc) is 3.55. The summed E-state index contributed by atoms with van der Waals surface area (Å²) in [6, 6.07) is 17.2. The second-order valence-corrected chi connectivity index (χ2v) is 10.8. The summed E-state index contributed by atoms with van der Waals surface area (Å²) < 4.78 is 40.3. The van der Waals surface area contributed by atoms with Crippen molar-refractivity contribution in [2.24, 2.45) is 11.8 Å². The second-order valence-electron chi connectivity index (χ2n) is 10.8. The predicted octanol–water partition coefficient (Wildman–Crippen LogP) is 7.00. The number of pyridine rings is 1. The normalized spacial score (nSPS) is 16.0. The third-order valence-electron chi connectivity index (χ3n) is 7.57. The highest BCUT2D eigenvalue weighted by Gasteiger charge is 2.33. The molecule has 2 aliphatic carbocycles. The van der Waals surface area contributed by atoms with Crippen molar-refractivity contribution in [2.45, 2.75) is 63.6 Å². The second kappa shape index (κ2) is 13.1. The van der Waals surface area contributed by atoms with Gasteiger partial charge < -0.3 is 20.1 Å². The number of hydrogen-bond donors (Lipinski definition) is 3. The lowest BCUT2D eigenvalue weighted by Crippen LogP contribution is -2.26. The third kappa shape index (κ3) is 8.70. The van der Waals surface area contributed by atoms with E-state index < -0.39 is 23.5 Å². The van der Waals surface area contributed by atoms with Gasteiger partial charge in [0.15, 0.2) is 0 Å². The molecule has 5 rings (SSSR count). The maximum absolute atomic E-state index is 13.5. The first-order valence-corrected chi connectivity index (χ1v) is 13.7. The van der Waals surface area contributed by atoms with Crippen molar-refractivity contribution in [3.8, 4) is 0 Å². The van der Waals surface area contributed by atoms with Crippen LogP contribution in [0.3, 0.4) is 0 Å². The van der Waals surface area contributed by atoms with Crippen LogP contribution in [0.25, 0.3) is 0 Å². The number of carbonyl (C=O) groups is 2. The number of aromatic nitrogens is 1. The number of hydrogen-bond acceptors (Lipinski definition) is 3. The van der Waals surface area contributed by atoms with Crippen LogP contribution in [0.1, 0.15) is 66.7 Å². The van der Waals surface area contributed by atoms with E-state index in [1.54, 1.807) is 12.1 Å². The lowest BCUT2D eigenvalue weighted by molar-refractivity contribution is -0.138. The topological polar surface area (TPSA) is 109 Å². The maximum atomic E-state index is 13.5. The smallest absolute Gasteiger partial charge is 0.450 e. The van der Waals surface area contributed by atoms with E-state index in [0.29, 0.717) is 5.56 Å². The molecule has 1 aromatic heterocycles. The molecule has 2 saturated carbocycles. The van der Waals surface area contributed by atoms with E-state index in [1.807, 2.05) is 24.3 Å². The van der Waals surface area contributed by atoms with Crippen LogP contribution in [0.5, 0.6) is 0 Å². The molecule has 0 radical (unpaired) electrons. The van der Waals surface area contributed by atoms with Crippen molar-refractivity contribution in [3.63, 3.8) is 0 Å². The molecule has 0 saturated heterocycles. The minimum Gasteiger partial charge on any atom is -0.450 e. The Morgan fingerprint density at radius 1 is 0.927 bits per heavy atom. The van der Waals surface area contributed by atoms with E-state index in [1.165, 1.54) is 18.4 Å². The molecule has 7 nitrogen and oxygen atoms in total. The van der Waals surface area contributed by atoms with Gasteiger partial charge in [0.05, 0.1) is 18.0 Å². The van der Waals surface area contributed by atoms with Gasteiger partial charge in [0.1, 0.15) is 0 Å². The van der Waals surface area contributed by atoms with E-state index in [4.69, 9.17) is 15.0 Å². The summed E-state index contributed by atoms with van der Waals surface area (Å²) in [5, 5.41) is 17.1. The highest BCUT2D eigenvalue weighted by Crippen LogP contribution is 2.39. The Morgan fingerprint density at radius 2 is 1.59 bits per heavy atom. The quantitative estimate of drug-likeness (QED) is 0.270. The number of carboxylic acid groups (broad SMARTS) is 2. The van der Waals surface area contributed by atoms with Crippen molar-refractivity contribution in [2.75, 3.05) is 5.32 Å². The number of amides is 1. The molecule has 3 N–H and O–H groups in total. The number of rotatable bonds is 8. The average molecular weight is 571 g/mol. The van der Waals surface area contributed by atoms with Crippen molar-refractivity contribution >= 4 is 17.7 Å². The summed E-state index contributed by atoms with van der Waals surface area (Å²) in [4.78, 5) is 34.2. The lowest BCUT2D eigenvalue weighted by Gasteiger charge is -2.24. The molecule has 1 amide bonds. The maximum Gasteiger partial charge on any atom is 0.503 e. The molecule has 1 atom stereocenters. The summed E-state index contributed by atoms with van der Waals surface area (Å²) >= 11 is 0. The van der Waals surface area contributed by atoms with Gasteiger partial charge in [0, 0.05) is 18.0 Å². The molecule has 2 fully saturated rings. The van der Waals surface area contributed by atoms with Gasteiger partial charge in [0.2, 0.25) is 5.91 Å². The standard InChI is InChI=1S/C30H31F3N2O2.CH2O3/c31-30(32,33)25-14-15-27(36)35(19-25)18-21-10-12-24(13-11-21)28(23-5-1-2-6-23)29(37)34-26-7-3-4-22(17-26)16-20-8-9-20;2-1(3)4/h3-4,7,10-15,17,19-20,23,28H,1-2,5-6,8-9,16,18H2,(H,34,37);(H2,2,3,4). The fourth-order valence-electron chi connectivity index (χ4n) is 5.43. The van der Waals surface area contributed by atoms with Crippen LogP contribution in [0.15, 0.2) is 71.7 Å². The van der Waals surface area contributed by atoms with E-state index in [-0.39, 0.29) is 24.3 Å². The molecule has 10 heteroatoms. The van der Waals surface area contributed by atoms with Crippen molar-refractivity contribution < 1.29 is 33.0 Å². The summed E-state index contributed by atoms with van der Waals surface area (Å²) in [7, 11) is 0. The fraction of sp³-hybridized carbons (Fsp3) is 0.387. The molecule has 2 aliphatic rings. The SMILES string of the molecule is O=C(Nc1cccc(CC2CC2)c1)C(c1ccc(Cn2cc(C(F)(F)F)ccc2=O)cc1)C1CCCC1.O=C(O)O. The molecule has 1 heterocycles. The van der Waals surface area contributed by atoms with Crippen molar-refractivity contribution in [1.29, 1.82) is 0 Å². The minimum atomic E-state index is -4.52. The Hall–Kier alpha value is -4.08. The highest BCUT2D eigenvalue weighted by atomic mass is 19.4. The first kappa shape index (κ1) is 29.9. The summed E-state index contributed by atoms with van der Waals surface area (Å²) in [5.74, 6) is 0.673. The van der Waals surface area contributed by atoms with Crippen molar-refractivity contribution in [1.82, 2.24) is 4.57 Å². The van der Waals surface area contributed by atoms with Gasteiger partial charge in [-0.25, -0.2) is 4.79 Å². The van der Waals surface area contributed by atoms with Gasteiger partial charge >= 0.3 is 12.3 Å². The van der Waals surface area contributed by atoms with Crippen LogP contribution in [-0.2, 0) is 23.9 Å². The zero-order valence-electron chi connectivity index (χ0n) is 22.4. The van der Waals surface area contributed by atoms with Crippen LogP contribution >= 0.6 is 0 Å². The van der Waals surface area contributed by atoms with Gasteiger partial charge in [-0.05, 0) is 78.8 Å². The number of benzene rings is 2. The van der Waals surface area contributed by atoms with Crippen LogP contribution in [0, 0.1) is 11.8 Å². The Labute approximate surface area is 235 Å². The minimum absolute atomic E-state index is 0.0249. The first-order chi connectivity index (χ1) is 19.5. The molecule has 41 heavy (non-hydrogen) atoms. The molecular weight excluding hydrogens is 537 g/mol. The zero-order valence-corrected chi connectivity index (χ0v) is 22.4. The van der Waals surface area contributed by atoms with Gasteiger partial charge in [0.25, 0.3) is 5.56 Å². The number of alkyl halides is 3. The molecule has 218 valence electrons. The fourth-order valence-corrected chi connectivity index (χ4v) is 5.43. The Morgan fingerprint density at radius 3 is 2.20 bits per heavy atom. The van der Waals surface area contributed by atoms with E-state index in [2.05, 4.69) is 17.4 Å². The van der Waals surface area contributed by atoms with Gasteiger partial charge in [-0.1, -0.05) is 49.2 Å². The Kier molecular flexibility index (Phi) is 9.52. The number of carbonyl (C=O) groups excluding carboxylic acids is 1. The number of anilines is 1. The molecule has 1 unspecified atom stereocenters. The van der Waals surface area contributed by atoms with E-state index in [9.17, 15) is 22.8 Å². The molecular formula is C31H33F3N2O5. The van der Waals surface area contributed by atoms with Gasteiger partial charge in [-0.2, -0.15) is 13.2 Å². The van der Waals surface area contributed by atoms with Crippen LogP contribution in [-0.4, -0.2) is 26.8 Å². The highest BCUT2D eigenvalue weighted by molar-refractivity contribution is 5.96. The van der Waals surface area contributed by atoms with Crippen LogP contribution in [0.4, 0.5) is 23.7 Å². The summed E-state index contributed by atoms with van der Waals surface area (Å²) in [6.07, 6.45) is 2.27. The van der Waals surface area contributed by atoms with Gasteiger partial charge in [-0.15, -0.1) is 0 Å². The number of nitrogens with one attached hydrogen (secondary N) is 1. The number of halogens is 3. The van der Waals surface area contributed by atoms with Crippen LogP contribution < -0.4 is 10.9 Å². The molecule has 0 aliphatic heterocycles. The van der Waals surface area contributed by atoms with E-state index in [0.717, 1.165) is 72.2 Å².